The number of hydrogen-bond donors (Lipinski definition) is 0. The van der Waals surface area contributed by atoms with Gasteiger partial charge in [0.25, 0.3) is 0 Å². The number of benzene rings is 1. The summed E-state index contributed by atoms with van der Waals surface area (Å²) < 4.78 is 11.7. The standard InChI is InChI=1S/C21H34N4O2/c1-5-24(6-2)12-14-26-15-13-25(16-19-10-8-7-9-11-19)17-20-22-23-21(27-20)18(3)4/h7-11,18H,5-6,12-17H2,1-4H3. The summed E-state index contributed by atoms with van der Waals surface area (Å²) in [6.45, 7) is 15.3. The van der Waals surface area contributed by atoms with Crippen molar-refractivity contribution < 1.29 is 9.15 Å². The molecule has 0 N–H and O–H groups in total. The van der Waals surface area contributed by atoms with Crippen LogP contribution in [0.1, 0.15) is 51.0 Å². The zero-order valence-electron chi connectivity index (χ0n) is 17.2. The molecule has 0 bridgehead atoms. The van der Waals surface area contributed by atoms with Crippen molar-refractivity contribution in [3.8, 4) is 0 Å². The second kappa shape index (κ2) is 11.8. The molecule has 150 valence electrons. The van der Waals surface area contributed by atoms with E-state index in [1.165, 1.54) is 5.56 Å². The molecule has 6 heteroatoms. The molecule has 0 aliphatic heterocycles. The second-order valence-electron chi connectivity index (χ2n) is 7.02. The molecule has 1 aromatic carbocycles. The fourth-order valence-electron chi connectivity index (χ4n) is 2.84. The molecule has 0 amide bonds. The number of nitrogens with zero attached hydrogens (tertiary/aromatic N) is 4. The molecule has 0 radical (unpaired) electrons. The normalized spacial score (nSPS) is 11.8. The largest absolute Gasteiger partial charge is 0.424 e. The summed E-state index contributed by atoms with van der Waals surface area (Å²) in [4.78, 5) is 4.66. The summed E-state index contributed by atoms with van der Waals surface area (Å²) in [7, 11) is 0. The maximum absolute atomic E-state index is 5.87. The predicted octanol–water partition coefficient (Wildman–Crippen LogP) is 3.55. The summed E-state index contributed by atoms with van der Waals surface area (Å²) >= 11 is 0. The molecule has 0 fully saturated rings. The second-order valence-corrected chi connectivity index (χ2v) is 7.02. The smallest absolute Gasteiger partial charge is 0.230 e. The third-order valence-corrected chi connectivity index (χ3v) is 4.58. The fourth-order valence-corrected chi connectivity index (χ4v) is 2.84. The molecule has 27 heavy (non-hydrogen) atoms. The maximum atomic E-state index is 5.87. The number of hydrogen-bond acceptors (Lipinski definition) is 6. The average molecular weight is 375 g/mol. The first kappa shape index (κ1) is 21.5. The maximum Gasteiger partial charge on any atom is 0.230 e. The van der Waals surface area contributed by atoms with Gasteiger partial charge in [-0.25, -0.2) is 0 Å². The van der Waals surface area contributed by atoms with Gasteiger partial charge in [0.1, 0.15) is 0 Å². The third kappa shape index (κ3) is 7.79. The first-order valence-electron chi connectivity index (χ1n) is 10.0. The Kier molecular flexibility index (Phi) is 9.45. The Balaban J connectivity index is 1.87. The van der Waals surface area contributed by atoms with E-state index in [-0.39, 0.29) is 5.92 Å². The highest BCUT2D eigenvalue weighted by atomic mass is 16.5. The molecule has 1 heterocycles. The zero-order chi connectivity index (χ0) is 19.5. The monoisotopic (exact) mass is 374 g/mol. The van der Waals surface area contributed by atoms with E-state index >= 15 is 0 Å². The number of likely N-dealkylation sites (N-methyl/N-ethyl adjacent to an activating group) is 1. The lowest BCUT2D eigenvalue weighted by Gasteiger charge is -2.22. The molecule has 0 aliphatic carbocycles. The van der Waals surface area contributed by atoms with E-state index in [0.29, 0.717) is 24.9 Å². The summed E-state index contributed by atoms with van der Waals surface area (Å²) in [5.41, 5.74) is 1.27. The Morgan fingerprint density at radius 2 is 1.59 bits per heavy atom. The van der Waals surface area contributed by atoms with Gasteiger partial charge in [0.2, 0.25) is 11.8 Å². The van der Waals surface area contributed by atoms with Crippen molar-refractivity contribution in [3.63, 3.8) is 0 Å². The summed E-state index contributed by atoms with van der Waals surface area (Å²) in [6.07, 6.45) is 0. The Morgan fingerprint density at radius 3 is 2.19 bits per heavy atom. The Morgan fingerprint density at radius 1 is 0.926 bits per heavy atom. The van der Waals surface area contributed by atoms with Gasteiger partial charge >= 0.3 is 0 Å². The first-order valence-corrected chi connectivity index (χ1v) is 10.0. The molecule has 6 nitrogen and oxygen atoms in total. The molecular formula is C21H34N4O2. The summed E-state index contributed by atoms with van der Waals surface area (Å²) in [5.74, 6) is 1.61. The van der Waals surface area contributed by atoms with Gasteiger partial charge in [-0.3, -0.25) is 4.90 Å². The molecule has 0 saturated carbocycles. The van der Waals surface area contributed by atoms with Crippen LogP contribution < -0.4 is 0 Å². The van der Waals surface area contributed by atoms with Crippen LogP contribution in [0.2, 0.25) is 0 Å². The average Bonchev–Trinajstić information content (AvgIpc) is 3.14. The Bertz CT molecular complexity index is 626. The highest BCUT2D eigenvalue weighted by Crippen LogP contribution is 2.14. The molecule has 0 saturated heterocycles. The van der Waals surface area contributed by atoms with Crippen LogP contribution in [0.25, 0.3) is 0 Å². The van der Waals surface area contributed by atoms with Crippen LogP contribution in [-0.4, -0.2) is 59.4 Å². The van der Waals surface area contributed by atoms with E-state index in [2.05, 4.69) is 72.0 Å². The number of aromatic nitrogens is 2. The molecule has 2 aromatic rings. The van der Waals surface area contributed by atoms with E-state index in [0.717, 1.165) is 39.3 Å². The topological polar surface area (TPSA) is 54.6 Å². The van der Waals surface area contributed by atoms with Gasteiger partial charge in [0.05, 0.1) is 19.8 Å². The minimum absolute atomic E-state index is 0.247. The van der Waals surface area contributed by atoms with E-state index in [1.807, 2.05) is 6.07 Å². The van der Waals surface area contributed by atoms with Gasteiger partial charge in [-0.15, -0.1) is 10.2 Å². The molecule has 0 unspecified atom stereocenters. The number of rotatable bonds is 13. The van der Waals surface area contributed by atoms with Crippen molar-refractivity contribution in [3.05, 3.63) is 47.7 Å². The molecule has 0 aliphatic rings. The zero-order valence-corrected chi connectivity index (χ0v) is 17.2. The first-order chi connectivity index (χ1) is 13.1. The van der Waals surface area contributed by atoms with Crippen molar-refractivity contribution in [1.29, 1.82) is 0 Å². The minimum Gasteiger partial charge on any atom is -0.424 e. The predicted molar refractivity (Wildman–Crippen MR) is 108 cm³/mol. The van der Waals surface area contributed by atoms with Gasteiger partial charge in [-0.1, -0.05) is 58.0 Å². The van der Waals surface area contributed by atoms with Crippen LogP contribution in [-0.2, 0) is 17.8 Å². The van der Waals surface area contributed by atoms with Gasteiger partial charge in [0, 0.05) is 25.6 Å². The molecule has 0 atom stereocenters. The van der Waals surface area contributed by atoms with Crippen molar-refractivity contribution in [2.75, 3.05) is 39.4 Å². The van der Waals surface area contributed by atoms with Crippen LogP contribution in [0.5, 0.6) is 0 Å². The van der Waals surface area contributed by atoms with Gasteiger partial charge in [0.15, 0.2) is 0 Å². The van der Waals surface area contributed by atoms with E-state index in [4.69, 9.17) is 9.15 Å². The van der Waals surface area contributed by atoms with Crippen molar-refractivity contribution >= 4 is 0 Å². The van der Waals surface area contributed by atoms with Gasteiger partial charge in [-0.05, 0) is 18.7 Å². The Labute approximate surface area is 163 Å². The summed E-state index contributed by atoms with van der Waals surface area (Å²) in [5, 5.41) is 8.35. The van der Waals surface area contributed by atoms with Gasteiger partial charge in [-0.2, -0.15) is 0 Å². The van der Waals surface area contributed by atoms with E-state index in [1.54, 1.807) is 0 Å². The van der Waals surface area contributed by atoms with Crippen molar-refractivity contribution in [2.24, 2.45) is 0 Å². The highest BCUT2D eigenvalue weighted by molar-refractivity contribution is 5.14. The van der Waals surface area contributed by atoms with Crippen molar-refractivity contribution in [1.82, 2.24) is 20.0 Å². The van der Waals surface area contributed by atoms with E-state index in [9.17, 15) is 0 Å². The van der Waals surface area contributed by atoms with E-state index < -0.39 is 0 Å². The number of ether oxygens (including phenoxy) is 1. The highest BCUT2D eigenvalue weighted by Gasteiger charge is 2.14. The lowest BCUT2D eigenvalue weighted by atomic mass is 10.2. The molecule has 2 rings (SSSR count). The molecular weight excluding hydrogens is 340 g/mol. The SMILES string of the molecule is CCN(CC)CCOCCN(Cc1ccccc1)Cc1nnc(C(C)C)o1. The Hall–Kier alpha value is -1.76. The minimum atomic E-state index is 0.247. The molecule has 0 spiro atoms. The van der Waals surface area contributed by atoms with Crippen LogP contribution in [0.3, 0.4) is 0 Å². The fraction of sp³-hybridized carbons (Fsp3) is 0.619. The van der Waals surface area contributed by atoms with Crippen molar-refractivity contribution in [2.45, 2.75) is 46.7 Å². The lowest BCUT2D eigenvalue weighted by molar-refractivity contribution is 0.0787. The lowest BCUT2D eigenvalue weighted by Crippen LogP contribution is -2.30. The van der Waals surface area contributed by atoms with Crippen LogP contribution in [0.4, 0.5) is 0 Å². The third-order valence-electron chi connectivity index (χ3n) is 4.58. The van der Waals surface area contributed by atoms with Crippen LogP contribution in [0.15, 0.2) is 34.7 Å². The quantitative estimate of drug-likeness (QED) is 0.500. The molecule has 1 aromatic heterocycles. The van der Waals surface area contributed by atoms with Crippen LogP contribution >= 0.6 is 0 Å². The van der Waals surface area contributed by atoms with Gasteiger partial charge < -0.3 is 14.1 Å². The summed E-state index contributed by atoms with van der Waals surface area (Å²) in [6, 6.07) is 10.5. The van der Waals surface area contributed by atoms with Crippen LogP contribution in [0, 0.1) is 0 Å².